The van der Waals surface area contributed by atoms with Crippen molar-refractivity contribution in [3.63, 3.8) is 0 Å². The van der Waals surface area contributed by atoms with Crippen LogP contribution in [0.1, 0.15) is 10.4 Å². The summed E-state index contributed by atoms with van der Waals surface area (Å²) in [5.41, 5.74) is 0.351. The minimum Gasteiger partial charge on any atom is -0.463 e. The van der Waals surface area contributed by atoms with Gasteiger partial charge in [0.15, 0.2) is 0 Å². The summed E-state index contributed by atoms with van der Waals surface area (Å²) in [4.78, 5) is 21.8. The van der Waals surface area contributed by atoms with Crippen LogP contribution in [0.5, 0.6) is 0 Å². The Morgan fingerprint density at radius 2 is 1.69 bits per heavy atom. The van der Waals surface area contributed by atoms with Crippen molar-refractivity contribution in [1.29, 1.82) is 0 Å². The number of rotatable bonds is 2. The number of ketones is 1. The van der Waals surface area contributed by atoms with Gasteiger partial charge in [-0.25, -0.2) is 4.79 Å². The first-order valence-corrected chi connectivity index (χ1v) is 3.43. The number of hydrogen-bond acceptors (Lipinski definition) is 3. The maximum Gasteiger partial charge on any atom is 0.379 e. The molecule has 0 unspecified atom stereocenters. The van der Waals surface area contributed by atoms with E-state index in [1.54, 1.807) is 30.3 Å². The van der Waals surface area contributed by atoms with E-state index in [-0.39, 0.29) is 12.4 Å². The smallest absolute Gasteiger partial charge is 0.379 e. The molecule has 0 N–H and O–H groups in total. The molecule has 1 rings (SSSR count). The van der Waals surface area contributed by atoms with Gasteiger partial charge in [-0.15, -0.1) is 12.4 Å². The molecule has 0 aliphatic carbocycles. The lowest BCUT2D eigenvalue weighted by Crippen LogP contribution is -2.15. The molecule has 13 heavy (non-hydrogen) atoms. The fraction of sp³-hybridized carbons (Fsp3) is 0.111. The minimum atomic E-state index is -0.832. The van der Waals surface area contributed by atoms with Crippen LogP contribution in [0.2, 0.25) is 0 Å². The maximum atomic E-state index is 11.1. The molecule has 1 aromatic carbocycles. The zero-order valence-corrected chi connectivity index (χ0v) is 7.84. The van der Waals surface area contributed by atoms with E-state index in [9.17, 15) is 9.59 Å². The van der Waals surface area contributed by atoms with E-state index >= 15 is 0 Å². The van der Waals surface area contributed by atoms with Crippen LogP contribution in [0, 0.1) is 0 Å². The Balaban J connectivity index is 0.00000144. The van der Waals surface area contributed by atoms with E-state index in [0.717, 1.165) is 0 Å². The summed E-state index contributed by atoms with van der Waals surface area (Å²) in [6.07, 6.45) is 0. The van der Waals surface area contributed by atoms with Crippen LogP contribution in [0.25, 0.3) is 0 Å². The summed E-state index contributed by atoms with van der Waals surface area (Å²) < 4.78 is 4.28. The first-order chi connectivity index (χ1) is 5.75. The Hall–Kier alpha value is -1.35. The highest BCUT2D eigenvalue weighted by Crippen LogP contribution is 2.00. The summed E-state index contributed by atoms with van der Waals surface area (Å²) >= 11 is 0. The van der Waals surface area contributed by atoms with Crippen LogP contribution in [-0.4, -0.2) is 18.9 Å². The highest BCUT2D eigenvalue weighted by Gasteiger charge is 2.14. The molecule has 0 bridgehead atoms. The molecule has 1 aromatic rings. The number of methoxy groups -OCH3 is 1. The average molecular weight is 201 g/mol. The van der Waals surface area contributed by atoms with E-state index < -0.39 is 11.8 Å². The molecule has 0 aliphatic rings. The predicted molar refractivity (Wildman–Crippen MR) is 50.0 cm³/mol. The quantitative estimate of drug-likeness (QED) is 0.413. The molecule has 0 saturated carbocycles. The van der Waals surface area contributed by atoms with Gasteiger partial charge in [-0.1, -0.05) is 30.3 Å². The minimum absolute atomic E-state index is 0. The van der Waals surface area contributed by atoms with Crippen molar-refractivity contribution in [3.05, 3.63) is 35.9 Å². The van der Waals surface area contributed by atoms with Gasteiger partial charge in [0.25, 0.3) is 5.78 Å². The second-order valence-corrected chi connectivity index (χ2v) is 2.19. The SMILES string of the molecule is COC(=O)C(=O)c1ccccc1.Cl. The molecule has 0 aromatic heterocycles. The maximum absolute atomic E-state index is 11.1. The van der Waals surface area contributed by atoms with E-state index in [0.29, 0.717) is 5.56 Å². The Morgan fingerprint density at radius 1 is 1.15 bits per heavy atom. The van der Waals surface area contributed by atoms with Crippen LogP contribution in [-0.2, 0) is 9.53 Å². The Kier molecular flexibility index (Phi) is 4.77. The van der Waals surface area contributed by atoms with Gasteiger partial charge < -0.3 is 4.74 Å². The van der Waals surface area contributed by atoms with Crippen LogP contribution in [0.4, 0.5) is 0 Å². The van der Waals surface area contributed by atoms with Gasteiger partial charge in [0, 0.05) is 5.56 Å². The molecular weight excluding hydrogens is 192 g/mol. The third-order valence-electron chi connectivity index (χ3n) is 1.41. The fourth-order valence-corrected chi connectivity index (χ4v) is 0.800. The molecule has 0 spiro atoms. The second-order valence-electron chi connectivity index (χ2n) is 2.19. The summed E-state index contributed by atoms with van der Waals surface area (Å²) in [5, 5.41) is 0. The summed E-state index contributed by atoms with van der Waals surface area (Å²) in [5.74, 6) is -1.45. The van der Waals surface area contributed by atoms with Crippen molar-refractivity contribution in [2.24, 2.45) is 0 Å². The van der Waals surface area contributed by atoms with Gasteiger partial charge in [-0.3, -0.25) is 4.79 Å². The van der Waals surface area contributed by atoms with E-state index in [2.05, 4.69) is 4.74 Å². The van der Waals surface area contributed by atoms with E-state index in [1.807, 2.05) is 0 Å². The highest BCUT2D eigenvalue weighted by atomic mass is 35.5. The summed E-state index contributed by atoms with van der Waals surface area (Å²) in [6.45, 7) is 0. The van der Waals surface area contributed by atoms with E-state index in [1.165, 1.54) is 7.11 Å². The van der Waals surface area contributed by atoms with Crippen molar-refractivity contribution in [2.45, 2.75) is 0 Å². The number of ether oxygens (including phenoxy) is 1. The first-order valence-electron chi connectivity index (χ1n) is 3.43. The van der Waals surface area contributed by atoms with Crippen molar-refractivity contribution in [3.8, 4) is 0 Å². The van der Waals surface area contributed by atoms with Crippen LogP contribution in [0.3, 0.4) is 0 Å². The first kappa shape index (κ1) is 11.6. The number of carbonyl (C=O) groups excluding carboxylic acids is 2. The van der Waals surface area contributed by atoms with Crippen molar-refractivity contribution >= 4 is 24.2 Å². The predicted octanol–water partition coefficient (Wildman–Crippen LogP) is 1.46. The van der Waals surface area contributed by atoms with Gasteiger partial charge in [-0.05, 0) is 0 Å². The lowest BCUT2D eigenvalue weighted by molar-refractivity contribution is -0.135. The Bertz CT molecular complexity index is 295. The van der Waals surface area contributed by atoms with E-state index in [4.69, 9.17) is 0 Å². The normalized spacial score (nSPS) is 8.38. The Labute approximate surface area is 82.1 Å². The molecule has 4 heteroatoms. The zero-order valence-electron chi connectivity index (χ0n) is 7.02. The molecule has 0 amide bonds. The summed E-state index contributed by atoms with van der Waals surface area (Å²) in [7, 11) is 1.18. The van der Waals surface area contributed by atoms with Crippen LogP contribution >= 0.6 is 12.4 Å². The number of halogens is 1. The second kappa shape index (κ2) is 5.32. The van der Waals surface area contributed by atoms with Crippen LogP contribution < -0.4 is 0 Å². The highest BCUT2D eigenvalue weighted by molar-refractivity contribution is 6.40. The van der Waals surface area contributed by atoms with Crippen molar-refractivity contribution in [2.75, 3.05) is 7.11 Å². The van der Waals surface area contributed by atoms with Gasteiger partial charge in [0.2, 0.25) is 0 Å². The van der Waals surface area contributed by atoms with Crippen molar-refractivity contribution in [1.82, 2.24) is 0 Å². The molecule has 0 radical (unpaired) electrons. The third-order valence-corrected chi connectivity index (χ3v) is 1.41. The number of hydrogen-bond donors (Lipinski definition) is 0. The van der Waals surface area contributed by atoms with Gasteiger partial charge >= 0.3 is 5.97 Å². The van der Waals surface area contributed by atoms with Gasteiger partial charge in [0.1, 0.15) is 0 Å². The van der Waals surface area contributed by atoms with Crippen molar-refractivity contribution < 1.29 is 14.3 Å². The molecule has 0 aliphatic heterocycles. The summed E-state index contributed by atoms with van der Waals surface area (Å²) in [6, 6.07) is 8.29. The van der Waals surface area contributed by atoms with Gasteiger partial charge in [0.05, 0.1) is 7.11 Å². The molecule has 3 nitrogen and oxygen atoms in total. The molecule has 0 saturated heterocycles. The third kappa shape index (κ3) is 2.87. The monoisotopic (exact) mass is 200 g/mol. The number of benzene rings is 1. The Morgan fingerprint density at radius 3 is 2.15 bits per heavy atom. The molecule has 0 heterocycles. The standard InChI is InChI=1S/C9H8O3.ClH/c1-12-9(11)8(10)7-5-3-2-4-6-7;/h2-6H,1H3;1H. The zero-order chi connectivity index (χ0) is 8.97. The van der Waals surface area contributed by atoms with Crippen LogP contribution in [0.15, 0.2) is 30.3 Å². The average Bonchev–Trinajstić information content (AvgIpc) is 2.17. The molecule has 70 valence electrons. The van der Waals surface area contributed by atoms with Gasteiger partial charge in [-0.2, -0.15) is 0 Å². The molecule has 0 fully saturated rings. The topological polar surface area (TPSA) is 43.4 Å². The largest absolute Gasteiger partial charge is 0.463 e. The fourth-order valence-electron chi connectivity index (χ4n) is 0.800. The lowest BCUT2D eigenvalue weighted by Gasteiger charge is -1.96. The molecular formula is C9H9ClO3. The number of Topliss-reactive ketones (excluding diaryl/α,β-unsaturated/α-hetero) is 1. The lowest BCUT2D eigenvalue weighted by atomic mass is 10.1. The molecule has 0 atom stereocenters. The number of esters is 1. The number of carbonyl (C=O) groups is 2.